The number of ketones is 1. The molecule has 1 saturated carbocycles. The average molecular weight is 411 g/mol. The summed E-state index contributed by atoms with van der Waals surface area (Å²) >= 11 is 0. The van der Waals surface area contributed by atoms with Crippen LogP contribution in [0.3, 0.4) is 0 Å². The van der Waals surface area contributed by atoms with Gasteiger partial charge in [0, 0.05) is 5.92 Å². The molecule has 2 aromatic carbocycles. The Labute approximate surface area is 175 Å². The highest BCUT2D eigenvalue weighted by Gasteiger charge is 2.32. The first kappa shape index (κ1) is 20.4. The summed E-state index contributed by atoms with van der Waals surface area (Å²) < 4.78 is 31.0. The van der Waals surface area contributed by atoms with Crippen molar-refractivity contribution in [3.05, 3.63) is 52.7 Å². The number of aryl methyl sites for hydroxylation is 1. The maximum atomic E-state index is 13.2. The largest absolute Gasteiger partial charge is 0.492 e. The lowest BCUT2D eigenvalue weighted by Crippen LogP contribution is -2.08. The van der Waals surface area contributed by atoms with E-state index < -0.39 is 0 Å². The number of nitrogens with zero attached hydrogens (tertiary/aromatic N) is 1. The first-order chi connectivity index (χ1) is 14.4. The van der Waals surface area contributed by atoms with Crippen molar-refractivity contribution < 1.29 is 23.1 Å². The molecule has 1 aliphatic rings. The molecule has 3 aromatic rings. The minimum atomic E-state index is -0.248. The third-order valence-electron chi connectivity index (χ3n) is 5.73. The van der Waals surface area contributed by atoms with Gasteiger partial charge >= 0.3 is 0 Å². The number of aromatic nitrogens is 1. The van der Waals surface area contributed by atoms with Gasteiger partial charge in [-0.15, -0.1) is 0 Å². The lowest BCUT2D eigenvalue weighted by atomic mass is 9.98. The molecule has 0 spiro atoms. The molecule has 1 unspecified atom stereocenters. The maximum Gasteiger partial charge on any atom is 0.207 e. The minimum Gasteiger partial charge on any atom is -0.492 e. The van der Waals surface area contributed by atoms with Crippen LogP contribution in [0.25, 0.3) is 11.1 Å². The minimum absolute atomic E-state index is 0.105. The zero-order chi connectivity index (χ0) is 21.4. The molecule has 6 heteroatoms. The highest BCUT2D eigenvalue weighted by molar-refractivity contribution is 6.05. The summed E-state index contributed by atoms with van der Waals surface area (Å²) in [6.07, 6.45) is 2.84. The van der Waals surface area contributed by atoms with Gasteiger partial charge in [0.2, 0.25) is 11.3 Å². The number of ether oxygens (including phenoxy) is 2. The molecule has 0 N–H and O–H groups in total. The van der Waals surface area contributed by atoms with Gasteiger partial charge in [0.25, 0.3) is 0 Å². The second-order valence-electron chi connectivity index (χ2n) is 8.01. The molecule has 1 aliphatic carbocycles. The van der Waals surface area contributed by atoms with E-state index >= 15 is 0 Å². The molecule has 0 saturated heterocycles. The summed E-state index contributed by atoms with van der Waals surface area (Å²) in [4.78, 5) is 17.0. The molecule has 30 heavy (non-hydrogen) atoms. The number of oxazole rings is 1. The Kier molecular flexibility index (Phi) is 5.50. The number of rotatable bonds is 8. The van der Waals surface area contributed by atoms with Gasteiger partial charge in [-0.3, -0.25) is 4.79 Å². The second kappa shape index (κ2) is 8.09. The summed E-state index contributed by atoms with van der Waals surface area (Å²) in [6.45, 7) is 5.84. The van der Waals surface area contributed by atoms with E-state index in [-0.39, 0.29) is 17.5 Å². The molecule has 4 rings (SSSR count). The Morgan fingerprint density at radius 2 is 1.97 bits per heavy atom. The molecule has 1 fully saturated rings. The van der Waals surface area contributed by atoms with Crippen LogP contribution < -0.4 is 9.47 Å². The summed E-state index contributed by atoms with van der Waals surface area (Å²) in [7, 11) is 1.53. The first-order valence-corrected chi connectivity index (χ1v) is 10.3. The van der Waals surface area contributed by atoms with Gasteiger partial charge < -0.3 is 13.9 Å². The summed E-state index contributed by atoms with van der Waals surface area (Å²) in [5.41, 5.74) is 3.45. The predicted molar refractivity (Wildman–Crippen MR) is 112 cm³/mol. The van der Waals surface area contributed by atoms with Crippen LogP contribution in [0.1, 0.15) is 72.3 Å². The topological polar surface area (TPSA) is 61.6 Å². The van der Waals surface area contributed by atoms with Crippen molar-refractivity contribution in [2.75, 3.05) is 13.7 Å². The van der Waals surface area contributed by atoms with Crippen molar-refractivity contribution in [1.29, 1.82) is 0 Å². The fraction of sp³-hybridized carbons (Fsp3) is 0.417. The number of methoxy groups -OCH3 is 1. The summed E-state index contributed by atoms with van der Waals surface area (Å²) in [5, 5.41) is 0. The van der Waals surface area contributed by atoms with E-state index in [2.05, 4.69) is 11.9 Å². The molecule has 1 aromatic heterocycles. The van der Waals surface area contributed by atoms with E-state index in [0.717, 1.165) is 24.0 Å². The van der Waals surface area contributed by atoms with E-state index in [4.69, 9.17) is 13.9 Å². The number of Topliss-reactive ketones (excluding diaryl/α,β-unsaturated/α-hetero) is 1. The van der Waals surface area contributed by atoms with Crippen molar-refractivity contribution in [3.63, 3.8) is 0 Å². The number of hydrogen-bond donors (Lipinski definition) is 0. The van der Waals surface area contributed by atoms with Gasteiger partial charge in [0.05, 0.1) is 19.3 Å². The van der Waals surface area contributed by atoms with Crippen molar-refractivity contribution in [3.8, 4) is 11.5 Å². The van der Waals surface area contributed by atoms with Crippen molar-refractivity contribution in [2.45, 2.75) is 51.9 Å². The summed E-state index contributed by atoms with van der Waals surface area (Å²) in [5.74, 6) is 1.68. The third kappa shape index (κ3) is 3.78. The quantitative estimate of drug-likeness (QED) is 0.430. The van der Waals surface area contributed by atoms with Crippen LogP contribution in [0.5, 0.6) is 11.5 Å². The number of fused-ring (bicyclic) bond motifs is 1. The normalized spacial score (nSPS) is 14.7. The van der Waals surface area contributed by atoms with Gasteiger partial charge in [-0.05, 0) is 62.3 Å². The van der Waals surface area contributed by atoms with Crippen LogP contribution in [0, 0.1) is 12.7 Å². The molecule has 0 radical (unpaired) electrons. The highest BCUT2D eigenvalue weighted by Crippen LogP contribution is 2.46. The van der Waals surface area contributed by atoms with E-state index in [1.165, 1.54) is 26.2 Å². The van der Waals surface area contributed by atoms with Crippen LogP contribution in [0.4, 0.5) is 4.39 Å². The molecule has 1 atom stereocenters. The molecule has 0 aliphatic heterocycles. The number of halogens is 1. The average Bonchev–Trinajstić information content (AvgIpc) is 3.47. The smallest absolute Gasteiger partial charge is 0.207 e. The third-order valence-corrected chi connectivity index (χ3v) is 5.73. The number of hydrogen-bond acceptors (Lipinski definition) is 5. The molecule has 1 heterocycles. The van der Waals surface area contributed by atoms with Crippen molar-refractivity contribution >= 4 is 16.9 Å². The molecular formula is C24H26FNO4. The van der Waals surface area contributed by atoms with Crippen molar-refractivity contribution in [1.82, 2.24) is 4.98 Å². The van der Waals surface area contributed by atoms with Crippen LogP contribution in [0.2, 0.25) is 0 Å². The van der Waals surface area contributed by atoms with E-state index in [0.29, 0.717) is 53.0 Å². The van der Waals surface area contributed by atoms with E-state index in [1.807, 2.05) is 6.92 Å². The lowest BCUT2D eigenvalue weighted by Gasteiger charge is -2.17. The SMILES string of the molecule is COc1c(C(C)=O)c(C)c2nc(C3CC3)oc2c1OCCC(C)c1ccc(F)cc1. The predicted octanol–water partition coefficient (Wildman–Crippen LogP) is 5.94. The van der Waals surface area contributed by atoms with Gasteiger partial charge in [-0.1, -0.05) is 19.1 Å². The van der Waals surface area contributed by atoms with Crippen LogP contribution in [0.15, 0.2) is 28.7 Å². The first-order valence-electron chi connectivity index (χ1n) is 10.3. The Morgan fingerprint density at radius 3 is 2.57 bits per heavy atom. The Balaban J connectivity index is 1.65. The van der Waals surface area contributed by atoms with Gasteiger partial charge in [-0.25, -0.2) is 9.37 Å². The molecule has 0 amide bonds. The monoisotopic (exact) mass is 411 g/mol. The Bertz CT molecular complexity index is 1080. The van der Waals surface area contributed by atoms with Gasteiger partial charge in [0.1, 0.15) is 11.3 Å². The molecule has 0 bridgehead atoms. The van der Waals surface area contributed by atoms with E-state index in [9.17, 15) is 9.18 Å². The van der Waals surface area contributed by atoms with E-state index in [1.54, 1.807) is 12.1 Å². The molecular weight excluding hydrogens is 385 g/mol. The molecule has 5 nitrogen and oxygen atoms in total. The van der Waals surface area contributed by atoms with Crippen molar-refractivity contribution in [2.24, 2.45) is 0 Å². The fourth-order valence-electron chi connectivity index (χ4n) is 3.80. The Morgan fingerprint density at radius 1 is 1.27 bits per heavy atom. The van der Waals surface area contributed by atoms with Gasteiger partial charge in [0.15, 0.2) is 17.4 Å². The zero-order valence-corrected chi connectivity index (χ0v) is 17.8. The second-order valence-corrected chi connectivity index (χ2v) is 8.01. The lowest BCUT2D eigenvalue weighted by molar-refractivity contribution is 0.101. The fourth-order valence-corrected chi connectivity index (χ4v) is 3.80. The Hall–Kier alpha value is -2.89. The number of carbonyl (C=O) groups is 1. The summed E-state index contributed by atoms with van der Waals surface area (Å²) in [6, 6.07) is 6.51. The number of benzene rings is 2. The highest BCUT2D eigenvalue weighted by atomic mass is 19.1. The van der Waals surface area contributed by atoms with Crippen LogP contribution in [-0.4, -0.2) is 24.5 Å². The number of carbonyl (C=O) groups excluding carboxylic acids is 1. The standard InChI is InChI=1S/C24H26FNO4/c1-13(16-7-9-18(25)10-8-16)11-12-29-23-21(28-4)19(15(3)27)14(2)20-22(23)30-24(26-20)17-5-6-17/h7-10,13,17H,5-6,11-12H2,1-4H3. The van der Waals surface area contributed by atoms with Crippen LogP contribution in [-0.2, 0) is 0 Å². The van der Waals surface area contributed by atoms with Gasteiger partial charge in [-0.2, -0.15) is 0 Å². The van der Waals surface area contributed by atoms with Crippen LogP contribution >= 0.6 is 0 Å². The molecule has 158 valence electrons. The zero-order valence-electron chi connectivity index (χ0n) is 17.8. The maximum absolute atomic E-state index is 13.2.